The zero-order valence-electron chi connectivity index (χ0n) is 30.1. The Kier molecular flexibility index (Phi) is 41.4. The average Bonchev–Trinajstić information content (AvgIpc) is 3.09. The lowest BCUT2D eigenvalue weighted by Gasteiger charge is -2.09. The molecule has 1 N–H and O–H groups in total. The Hall–Kier alpha value is -1.50. The Labute approximate surface area is 293 Å². The quantitative estimate of drug-likeness (QED) is 0.0724. The molecule has 292 valence electrons. The van der Waals surface area contributed by atoms with Crippen molar-refractivity contribution in [2.75, 3.05) is 152 Å². The first-order chi connectivity index (χ1) is 24.2. The summed E-state index contributed by atoms with van der Waals surface area (Å²) >= 11 is 0. The van der Waals surface area contributed by atoms with Crippen LogP contribution in [0.5, 0.6) is 0 Å². The van der Waals surface area contributed by atoms with E-state index >= 15 is 0 Å². The molecule has 0 amide bonds. The minimum absolute atomic E-state index is 0.146. The third-order valence-electron chi connectivity index (χ3n) is 6.42. The van der Waals surface area contributed by atoms with Crippen LogP contribution in [-0.4, -0.2) is 169 Å². The normalized spacial score (nSPS) is 11.4. The molecule has 0 atom stereocenters. The first-order valence-electron chi connectivity index (χ1n) is 17.9. The maximum atomic E-state index is 11.7. The predicted octanol–water partition coefficient (Wildman–Crippen LogP) is 2.94. The van der Waals surface area contributed by atoms with Gasteiger partial charge in [0.1, 0.15) is 13.2 Å². The topological polar surface area (TPSA) is 165 Å². The zero-order valence-corrected chi connectivity index (χ0v) is 30.1. The van der Waals surface area contributed by atoms with Crippen LogP contribution in [0, 0.1) is 0 Å². The van der Waals surface area contributed by atoms with Gasteiger partial charge in [-0.2, -0.15) is 0 Å². The molecule has 49 heavy (non-hydrogen) atoms. The minimum Gasteiger partial charge on any atom is -0.480 e. The van der Waals surface area contributed by atoms with E-state index in [1.165, 1.54) is 32.1 Å². The van der Waals surface area contributed by atoms with Gasteiger partial charge in [0.05, 0.1) is 139 Å². The summed E-state index contributed by atoms with van der Waals surface area (Å²) in [4.78, 5) is 22.0. The highest BCUT2D eigenvalue weighted by atomic mass is 16.6. The molecular weight excluding hydrogens is 648 g/mol. The highest BCUT2D eigenvalue weighted by Crippen LogP contribution is 2.08. The summed E-state index contributed by atoms with van der Waals surface area (Å²) in [6.45, 7) is 11.5. The van der Waals surface area contributed by atoms with E-state index in [0.29, 0.717) is 139 Å². The van der Waals surface area contributed by atoms with Crippen LogP contribution in [0.1, 0.15) is 58.3 Å². The zero-order chi connectivity index (χ0) is 35.6. The number of aliphatic carboxylic acids is 1. The second kappa shape index (κ2) is 42.7. The molecule has 0 heterocycles. The van der Waals surface area contributed by atoms with Gasteiger partial charge in [-0.05, 0) is 6.42 Å². The van der Waals surface area contributed by atoms with Crippen LogP contribution >= 0.6 is 0 Å². The molecule has 15 heteroatoms. The number of ether oxygens (including phenoxy) is 12. The van der Waals surface area contributed by atoms with Gasteiger partial charge in [-0.15, -0.1) is 0 Å². The van der Waals surface area contributed by atoms with E-state index in [2.05, 4.69) is 6.92 Å². The highest BCUT2D eigenvalue weighted by Gasteiger charge is 2.03. The largest absolute Gasteiger partial charge is 0.480 e. The minimum atomic E-state index is -0.998. The second-order valence-corrected chi connectivity index (χ2v) is 10.7. The summed E-state index contributed by atoms with van der Waals surface area (Å²) in [6.07, 6.45) is 8.76. The van der Waals surface area contributed by atoms with E-state index in [1.807, 2.05) is 0 Å². The Bertz CT molecular complexity index is 671. The summed E-state index contributed by atoms with van der Waals surface area (Å²) in [5.41, 5.74) is 0. The predicted molar refractivity (Wildman–Crippen MR) is 180 cm³/mol. The molecule has 0 aromatic heterocycles. The van der Waals surface area contributed by atoms with Crippen molar-refractivity contribution < 1.29 is 71.5 Å². The van der Waals surface area contributed by atoms with Crippen LogP contribution in [0.4, 0.5) is 0 Å². The van der Waals surface area contributed by atoms with Crippen LogP contribution < -0.4 is 0 Å². The van der Waals surface area contributed by atoms with Gasteiger partial charge in [0.15, 0.2) is 0 Å². The van der Waals surface area contributed by atoms with Crippen molar-refractivity contribution in [1.82, 2.24) is 0 Å². The second-order valence-electron chi connectivity index (χ2n) is 10.7. The Morgan fingerprint density at radius 1 is 0.367 bits per heavy atom. The van der Waals surface area contributed by atoms with Crippen LogP contribution in [-0.2, 0) is 66.4 Å². The van der Waals surface area contributed by atoms with Crippen molar-refractivity contribution in [1.29, 1.82) is 0 Å². The lowest BCUT2D eigenvalue weighted by molar-refractivity contribution is -0.145. The van der Waals surface area contributed by atoms with Crippen molar-refractivity contribution in [3.05, 3.63) is 0 Å². The van der Waals surface area contributed by atoms with Gasteiger partial charge in [-0.25, -0.2) is 4.79 Å². The molecule has 0 fully saturated rings. The Morgan fingerprint density at radius 3 is 0.939 bits per heavy atom. The molecule has 0 aliphatic carbocycles. The van der Waals surface area contributed by atoms with Crippen molar-refractivity contribution in [3.63, 3.8) is 0 Å². The summed E-state index contributed by atoms with van der Waals surface area (Å²) in [7, 11) is 0. The van der Waals surface area contributed by atoms with Crippen molar-refractivity contribution in [2.45, 2.75) is 58.3 Å². The number of carbonyl (C=O) groups excluding carboxylic acids is 1. The molecule has 0 rings (SSSR count). The van der Waals surface area contributed by atoms with Crippen LogP contribution in [0.3, 0.4) is 0 Å². The number of esters is 1. The molecule has 0 bridgehead atoms. The first kappa shape index (κ1) is 47.5. The van der Waals surface area contributed by atoms with E-state index < -0.39 is 5.97 Å². The fraction of sp³-hybridized carbons (Fsp3) is 0.941. The number of carboxylic acids is 1. The highest BCUT2D eigenvalue weighted by molar-refractivity contribution is 5.69. The lowest BCUT2D eigenvalue weighted by atomic mass is 10.1. The van der Waals surface area contributed by atoms with Gasteiger partial charge < -0.3 is 61.9 Å². The van der Waals surface area contributed by atoms with Crippen molar-refractivity contribution >= 4 is 11.9 Å². The molecule has 0 radical (unpaired) electrons. The van der Waals surface area contributed by atoms with E-state index in [0.717, 1.165) is 12.8 Å². The number of rotatable bonds is 43. The molecule has 0 saturated carbocycles. The fourth-order valence-corrected chi connectivity index (χ4v) is 3.87. The number of carboxylic acid groups (broad SMARTS) is 1. The lowest BCUT2D eigenvalue weighted by Crippen LogP contribution is -2.16. The van der Waals surface area contributed by atoms with E-state index in [9.17, 15) is 9.59 Å². The summed E-state index contributed by atoms with van der Waals surface area (Å²) in [5, 5.41) is 8.43. The maximum Gasteiger partial charge on any atom is 0.329 e. The molecule has 15 nitrogen and oxygen atoms in total. The van der Waals surface area contributed by atoms with Gasteiger partial charge in [0.2, 0.25) is 0 Å². The van der Waals surface area contributed by atoms with Crippen molar-refractivity contribution in [3.8, 4) is 0 Å². The fourth-order valence-electron chi connectivity index (χ4n) is 3.87. The summed E-state index contributed by atoms with van der Waals surface area (Å²) in [5.74, 6) is -1.14. The van der Waals surface area contributed by atoms with Gasteiger partial charge in [0, 0.05) is 6.42 Å². The van der Waals surface area contributed by atoms with Crippen LogP contribution in [0.25, 0.3) is 0 Å². The number of hydrogen-bond donors (Lipinski definition) is 1. The molecule has 0 aliphatic heterocycles. The monoisotopic (exact) mass is 714 g/mol. The number of carbonyl (C=O) groups is 2. The summed E-state index contributed by atoms with van der Waals surface area (Å²) < 4.78 is 64.3. The molecule has 0 aliphatic rings. The molecular formula is C34H66O15. The molecule has 0 aromatic carbocycles. The van der Waals surface area contributed by atoms with Gasteiger partial charge in [-0.3, -0.25) is 4.79 Å². The standard InChI is InChI=1S/C34H66O15/c1-2-3-4-5-6-7-8-9-34(37)49-31-30-47-27-26-45-23-22-43-19-18-41-15-14-39-11-10-38-12-13-40-16-17-42-20-21-44-24-25-46-28-29-48-32-33(35)36/h2-32H2,1H3,(H,35,36). The maximum absolute atomic E-state index is 11.7. The van der Waals surface area contributed by atoms with E-state index in [1.54, 1.807) is 0 Å². The molecule has 0 unspecified atom stereocenters. The van der Waals surface area contributed by atoms with Gasteiger partial charge in [0.25, 0.3) is 0 Å². The number of unbranched alkanes of at least 4 members (excludes halogenated alkanes) is 6. The van der Waals surface area contributed by atoms with Gasteiger partial charge >= 0.3 is 11.9 Å². The third kappa shape index (κ3) is 44.5. The van der Waals surface area contributed by atoms with E-state index in [-0.39, 0.29) is 25.8 Å². The van der Waals surface area contributed by atoms with Crippen LogP contribution in [0.2, 0.25) is 0 Å². The molecule has 0 aromatic rings. The molecule has 0 spiro atoms. The van der Waals surface area contributed by atoms with Crippen molar-refractivity contribution in [2.24, 2.45) is 0 Å². The smallest absolute Gasteiger partial charge is 0.329 e. The summed E-state index contributed by atoms with van der Waals surface area (Å²) in [6, 6.07) is 0. The third-order valence-corrected chi connectivity index (χ3v) is 6.42. The Morgan fingerprint density at radius 2 is 0.633 bits per heavy atom. The average molecular weight is 715 g/mol. The first-order valence-corrected chi connectivity index (χ1v) is 17.9. The van der Waals surface area contributed by atoms with E-state index in [4.69, 9.17) is 61.9 Å². The SMILES string of the molecule is CCCCCCCCCC(=O)OCCOCCOCCOCCOCCOCCOCCOCCOCCOCCOCCOCC(=O)O. The number of hydrogen-bond acceptors (Lipinski definition) is 14. The Balaban J connectivity index is 3.10. The van der Waals surface area contributed by atoms with Gasteiger partial charge in [-0.1, -0.05) is 45.4 Å². The molecule has 0 saturated heterocycles. The van der Waals surface area contributed by atoms with Crippen LogP contribution in [0.15, 0.2) is 0 Å².